The van der Waals surface area contributed by atoms with E-state index in [1.165, 1.54) is 12.1 Å². The summed E-state index contributed by atoms with van der Waals surface area (Å²) in [5, 5.41) is 0. The molecule has 0 saturated carbocycles. The molecule has 1 aromatic carbocycles. The number of amides is 1. The average molecular weight is 372 g/mol. The van der Waals surface area contributed by atoms with E-state index in [0.717, 1.165) is 6.42 Å². The maximum atomic E-state index is 12.5. The van der Waals surface area contributed by atoms with Crippen molar-refractivity contribution >= 4 is 31.5 Å². The highest BCUT2D eigenvalue weighted by molar-refractivity contribution is 7.92. The minimum atomic E-state index is -3.82. The Hall–Kier alpha value is -1.45. The van der Waals surface area contributed by atoms with Crippen molar-refractivity contribution in [2.45, 2.75) is 36.6 Å². The van der Waals surface area contributed by atoms with Gasteiger partial charge in [-0.25, -0.2) is 21.6 Å². The zero-order valence-electron chi connectivity index (χ0n) is 13.4. The van der Waals surface area contributed by atoms with Crippen LogP contribution in [0.4, 0.5) is 5.69 Å². The van der Waals surface area contributed by atoms with E-state index in [-0.39, 0.29) is 28.7 Å². The predicted octanol–water partition coefficient (Wildman–Crippen LogP) is 0.669. The van der Waals surface area contributed by atoms with E-state index in [4.69, 9.17) is 0 Å². The number of hydrogen-bond acceptors (Lipinski definition) is 5. The van der Waals surface area contributed by atoms with Crippen LogP contribution >= 0.6 is 0 Å². The highest BCUT2D eigenvalue weighted by atomic mass is 32.2. The molecule has 2 saturated heterocycles. The van der Waals surface area contributed by atoms with Gasteiger partial charge in [0.25, 0.3) is 0 Å². The Labute approximate surface area is 142 Å². The Kier molecular flexibility index (Phi) is 4.21. The number of hydrogen-bond donors (Lipinski definition) is 1. The third-order valence-electron chi connectivity index (χ3n) is 4.42. The number of carbonyl (C=O) groups excluding carboxylic acids is 1. The fourth-order valence-corrected chi connectivity index (χ4v) is 6.82. The van der Waals surface area contributed by atoms with E-state index in [2.05, 4.69) is 4.72 Å². The van der Waals surface area contributed by atoms with Crippen molar-refractivity contribution in [2.75, 3.05) is 23.0 Å². The van der Waals surface area contributed by atoms with Gasteiger partial charge in [-0.3, -0.25) is 4.79 Å². The van der Waals surface area contributed by atoms with Crippen LogP contribution in [0.15, 0.2) is 29.2 Å². The first-order valence-electron chi connectivity index (χ1n) is 7.75. The van der Waals surface area contributed by atoms with E-state index in [0.29, 0.717) is 18.7 Å². The Bertz CT molecular complexity index is 862. The van der Waals surface area contributed by atoms with E-state index in [1.807, 2.05) is 0 Å². The molecule has 2 heterocycles. The fourth-order valence-electron chi connectivity index (χ4n) is 3.20. The lowest BCUT2D eigenvalue weighted by molar-refractivity contribution is -0.117. The minimum Gasteiger partial charge on any atom is -0.312 e. The van der Waals surface area contributed by atoms with Crippen molar-refractivity contribution < 1.29 is 21.6 Å². The van der Waals surface area contributed by atoms with Crippen molar-refractivity contribution in [1.29, 1.82) is 0 Å². The molecule has 9 heteroatoms. The SMILES string of the molecule is C[C@@]1(NS(=O)(=O)c2ccc(N3CCCC3=O)cc2)CCS(=O)(=O)C1. The number of nitrogens with zero attached hydrogens (tertiary/aromatic N) is 1. The summed E-state index contributed by atoms with van der Waals surface area (Å²) in [5.74, 6) is -0.172. The molecule has 1 N–H and O–H groups in total. The molecule has 2 fully saturated rings. The molecule has 0 bridgehead atoms. The monoisotopic (exact) mass is 372 g/mol. The molecule has 2 aliphatic rings. The lowest BCUT2D eigenvalue weighted by Gasteiger charge is -2.23. The zero-order chi connectivity index (χ0) is 17.6. The summed E-state index contributed by atoms with van der Waals surface area (Å²) in [6.45, 7) is 2.24. The van der Waals surface area contributed by atoms with Gasteiger partial charge in [0.2, 0.25) is 15.9 Å². The standard InChI is InChI=1S/C15H20N2O5S2/c1-15(8-10-23(19,20)11-15)16-24(21,22)13-6-4-12(5-7-13)17-9-2-3-14(17)18/h4-7,16H,2-3,8-11H2,1H3/t15-/m1/s1. The van der Waals surface area contributed by atoms with Crippen LogP contribution in [0.1, 0.15) is 26.2 Å². The predicted molar refractivity (Wildman–Crippen MR) is 90.0 cm³/mol. The fraction of sp³-hybridized carbons (Fsp3) is 0.533. The van der Waals surface area contributed by atoms with Gasteiger partial charge in [-0.2, -0.15) is 0 Å². The first-order chi connectivity index (χ1) is 11.1. The quantitative estimate of drug-likeness (QED) is 0.837. The highest BCUT2D eigenvalue weighted by Crippen LogP contribution is 2.27. The number of anilines is 1. The number of carbonyl (C=O) groups is 1. The van der Waals surface area contributed by atoms with E-state index in [1.54, 1.807) is 24.0 Å². The molecule has 0 aliphatic carbocycles. The maximum Gasteiger partial charge on any atom is 0.241 e. The van der Waals surface area contributed by atoms with Gasteiger partial charge in [-0.1, -0.05) is 0 Å². The molecule has 1 aromatic rings. The summed E-state index contributed by atoms with van der Waals surface area (Å²) in [4.78, 5) is 13.4. The summed E-state index contributed by atoms with van der Waals surface area (Å²) >= 11 is 0. The van der Waals surface area contributed by atoms with Gasteiger partial charge in [0.1, 0.15) is 0 Å². The number of nitrogens with one attached hydrogen (secondary N) is 1. The third-order valence-corrected chi connectivity index (χ3v) is 7.97. The van der Waals surface area contributed by atoms with Gasteiger partial charge in [0.05, 0.1) is 16.4 Å². The Morgan fingerprint density at radius 3 is 2.38 bits per heavy atom. The molecule has 1 amide bonds. The lowest BCUT2D eigenvalue weighted by Crippen LogP contribution is -2.46. The van der Waals surface area contributed by atoms with E-state index < -0.39 is 25.4 Å². The van der Waals surface area contributed by atoms with Crippen LogP contribution in [0.25, 0.3) is 0 Å². The molecule has 0 spiro atoms. The summed E-state index contributed by atoms with van der Waals surface area (Å²) in [6, 6.07) is 6.09. The van der Waals surface area contributed by atoms with Gasteiger partial charge in [0, 0.05) is 24.2 Å². The smallest absolute Gasteiger partial charge is 0.241 e. The molecule has 0 aromatic heterocycles. The summed E-state index contributed by atoms with van der Waals surface area (Å²) in [6.07, 6.45) is 1.57. The number of benzene rings is 1. The van der Waals surface area contributed by atoms with Gasteiger partial charge in [-0.15, -0.1) is 0 Å². The molecule has 1 atom stereocenters. The van der Waals surface area contributed by atoms with Crippen LogP contribution in [0.5, 0.6) is 0 Å². The summed E-state index contributed by atoms with van der Waals surface area (Å²) in [5.41, 5.74) is -0.313. The normalized spacial score (nSPS) is 26.9. The van der Waals surface area contributed by atoms with Crippen LogP contribution in [0.3, 0.4) is 0 Å². The average Bonchev–Trinajstić information content (AvgIpc) is 3.01. The van der Waals surface area contributed by atoms with Crippen LogP contribution in [-0.2, 0) is 24.7 Å². The van der Waals surface area contributed by atoms with Gasteiger partial charge in [-0.05, 0) is 44.0 Å². The Morgan fingerprint density at radius 2 is 1.88 bits per heavy atom. The van der Waals surface area contributed by atoms with Crippen molar-refractivity contribution in [3.63, 3.8) is 0 Å². The third kappa shape index (κ3) is 3.47. The molecule has 132 valence electrons. The van der Waals surface area contributed by atoms with Crippen molar-refractivity contribution in [3.8, 4) is 0 Å². The molecule has 3 rings (SSSR count). The largest absolute Gasteiger partial charge is 0.312 e. The van der Waals surface area contributed by atoms with Crippen molar-refractivity contribution in [1.82, 2.24) is 4.72 Å². The van der Waals surface area contributed by atoms with Crippen LogP contribution in [0.2, 0.25) is 0 Å². The van der Waals surface area contributed by atoms with Crippen LogP contribution in [-0.4, -0.2) is 46.3 Å². The highest BCUT2D eigenvalue weighted by Gasteiger charge is 2.41. The molecule has 0 radical (unpaired) electrons. The number of sulfone groups is 1. The second kappa shape index (κ2) is 5.82. The first-order valence-corrected chi connectivity index (χ1v) is 11.1. The Morgan fingerprint density at radius 1 is 1.21 bits per heavy atom. The zero-order valence-corrected chi connectivity index (χ0v) is 15.0. The number of sulfonamides is 1. The Balaban J connectivity index is 1.79. The molecular formula is C15H20N2O5S2. The van der Waals surface area contributed by atoms with Crippen molar-refractivity contribution in [2.24, 2.45) is 0 Å². The lowest BCUT2D eigenvalue weighted by atomic mass is 10.0. The summed E-state index contributed by atoms with van der Waals surface area (Å²) < 4.78 is 50.8. The van der Waals surface area contributed by atoms with E-state index in [9.17, 15) is 21.6 Å². The van der Waals surface area contributed by atoms with Crippen molar-refractivity contribution in [3.05, 3.63) is 24.3 Å². The second-order valence-corrected chi connectivity index (χ2v) is 10.5. The maximum absolute atomic E-state index is 12.5. The molecule has 24 heavy (non-hydrogen) atoms. The van der Waals surface area contributed by atoms with Crippen LogP contribution in [0, 0.1) is 0 Å². The number of rotatable bonds is 4. The topological polar surface area (TPSA) is 101 Å². The summed E-state index contributed by atoms with van der Waals surface area (Å²) in [7, 11) is -7.03. The molecule has 7 nitrogen and oxygen atoms in total. The van der Waals surface area contributed by atoms with Gasteiger partial charge < -0.3 is 4.90 Å². The first kappa shape index (κ1) is 17.4. The molecular weight excluding hydrogens is 352 g/mol. The molecule has 0 unspecified atom stereocenters. The minimum absolute atomic E-state index is 0.0119. The van der Waals surface area contributed by atoms with Gasteiger partial charge in [0.15, 0.2) is 9.84 Å². The molecule has 2 aliphatic heterocycles. The second-order valence-electron chi connectivity index (χ2n) is 6.65. The van der Waals surface area contributed by atoms with E-state index >= 15 is 0 Å². The van der Waals surface area contributed by atoms with Gasteiger partial charge >= 0.3 is 0 Å². The van der Waals surface area contributed by atoms with Crippen LogP contribution < -0.4 is 9.62 Å².